The molecule has 0 aliphatic rings. The van der Waals surface area contributed by atoms with Crippen LogP contribution in [-0.2, 0) is 24.4 Å². The fourth-order valence-corrected chi connectivity index (χ4v) is 4.40. The van der Waals surface area contributed by atoms with E-state index in [9.17, 15) is 20.0 Å². The van der Waals surface area contributed by atoms with E-state index in [1.54, 1.807) is 18.5 Å². The summed E-state index contributed by atoms with van der Waals surface area (Å²) >= 11 is 0. The van der Waals surface area contributed by atoms with Crippen molar-refractivity contribution < 1.29 is 29.4 Å². The van der Waals surface area contributed by atoms with Crippen molar-refractivity contribution in [3.05, 3.63) is 118 Å². The summed E-state index contributed by atoms with van der Waals surface area (Å²) in [5, 5.41) is 31.4. The van der Waals surface area contributed by atoms with Crippen molar-refractivity contribution in [2.75, 3.05) is 0 Å². The number of carbonyl (C=O) groups is 1. The van der Waals surface area contributed by atoms with Crippen LogP contribution < -0.4 is 15.2 Å². The molecule has 10 heteroatoms. The lowest BCUT2D eigenvalue weighted by atomic mass is 9.97. The van der Waals surface area contributed by atoms with Gasteiger partial charge in [0.05, 0.1) is 11.0 Å². The maximum atomic E-state index is 12.0. The van der Waals surface area contributed by atoms with Crippen molar-refractivity contribution in [3.8, 4) is 22.6 Å². The zero-order valence-corrected chi connectivity index (χ0v) is 22.5. The number of nitrogens with two attached hydrogens (primary N) is 1. The van der Waals surface area contributed by atoms with E-state index >= 15 is 0 Å². The minimum absolute atomic E-state index is 0.0206. The van der Waals surface area contributed by atoms with Gasteiger partial charge in [0, 0.05) is 35.7 Å². The summed E-state index contributed by atoms with van der Waals surface area (Å²) in [6.45, 7) is 2.20. The zero-order valence-electron chi connectivity index (χ0n) is 22.5. The van der Waals surface area contributed by atoms with Crippen molar-refractivity contribution in [1.29, 1.82) is 0 Å². The van der Waals surface area contributed by atoms with Gasteiger partial charge in [0.1, 0.15) is 25.0 Å². The summed E-state index contributed by atoms with van der Waals surface area (Å²) in [5.41, 5.74) is 10.4. The monoisotopic (exact) mass is 557 g/mol. The molecule has 4 N–H and O–H groups in total. The number of hydrogen-bond acceptors (Lipinski definition) is 8. The van der Waals surface area contributed by atoms with E-state index in [-0.39, 0.29) is 37.5 Å². The molecule has 0 radical (unpaired) electrons. The quantitative estimate of drug-likeness (QED) is 0.155. The van der Waals surface area contributed by atoms with Crippen LogP contribution in [0.25, 0.3) is 11.1 Å². The molecule has 0 amide bonds. The van der Waals surface area contributed by atoms with Gasteiger partial charge in [-0.15, -0.1) is 0 Å². The first-order valence-electron chi connectivity index (χ1n) is 13.0. The molecule has 0 aliphatic carbocycles. The van der Waals surface area contributed by atoms with Crippen LogP contribution in [-0.4, -0.2) is 38.2 Å². The number of pyridine rings is 1. The summed E-state index contributed by atoms with van der Waals surface area (Å²) in [6.07, 6.45) is 1.96. The van der Waals surface area contributed by atoms with E-state index < -0.39 is 23.0 Å². The summed E-state index contributed by atoms with van der Waals surface area (Å²) in [4.78, 5) is 26.7. The first kappa shape index (κ1) is 29.2. The highest BCUT2D eigenvalue weighted by molar-refractivity contribution is 5.73. The number of aliphatic carboxylic acids is 1. The third-order valence-corrected chi connectivity index (χ3v) is 6.78. The van der Waals surface area contributed by atoms with Gasteiger partial charge < -0.3 is 25.4 Å². The van der Waals surface area contributed by atoms with Gasteiger partial charge in [-0.05, 0) is 48.1 Å². The number of aromatic nitrogens is 1. The van der Waals surface area contributed by atoms with Crippen LogP contribution in [0, 0.1) is 17.0 Å². The van der Waals surface area contributed by atoms with Crippen LogP contribution in [0.5, 0.6) is 11.5 Å². The number of aliphatic hydroxyl groups excluding tert-OH is 1. The fourth-order valence-electron chi connectivity index (χ4n) is 4.40. The predicted octanol–water partition coefficient (Wildman–Crippen LogP) is 4.83. The van der Waals surface area contributed by atoms with Crippen LogP contribution in [0.15, 0.2) is 85.2 Å². The maximum Gasteiger partial charge on any atom is 0.323 e. The lowest BCUT2D eigenvalue weighted by molar-refractivity contribution is -0.386. The van der Waals surface area contributed by atoms with Gasteiger partial charge >= 0.3 is 11.7 Å². The molecule has 0 aliphatic heterocycles. The van der Waals surface area contributed by atoms with Crippen LogP contribution in [0.4, 0.5) is 5.69 Å². The summed E-state index contributed by atoms with van der Waals surface area (Å²) < 4.78 is 12.0. The van der Waals surface area contributed by atoms with Gasteiger partial charge in [0.2, 0.25) is 5.75 Å². The van der Waals surface area contributed by atoms with Gasteiger partial charge in [0.25, 0.3) is 0 Å². The number of nitrogens with zero attached hydrogens (tertiary/aromatic N) is 2. The van der Waals surface area contributed by atoms with Gasteiger partial charge in [-0.1, -0.05) is 54.6 Å². The first-order chi connectivity index (χ1) is 19.7. The van der Waals surface area contributed by atoms with Gasteiger partial charge in [0.15, 0.2) is 0 Å². The van der Waals surface area contributed by atoms with Crippen LogP contribution >= 0.6 is 0 Å². The number of nitro groups is 1. The third kappa shape index (κ3) is 7.44. The molecular weight excluding hydrogens is 526 g/mol. The summed E-state index contributed by atoms with van der Waals surface area (Å²) in [7, 11) is 0. The molecule has 41 heavy (non-hydrogen) atoms. The topological polar surface area (TPSA) is 158 Å². The van der Waals surface area contributed by atoms with E-state index in [0.717, 1.165) is 27.8 Å². The molecule has 1 heterocycles. The fraction of sp³-hybridized carbons (Fsp3) is 0.226. The Hall–Kier alpha value is -4.80. The average molecular weight is 558 g/mol. The third-order valence-electron chi connectivity index (χ3n) is 6.78. The molecule has 10 nitrogen and oxygen atoms in total. The molecular formula is C31H31N3O7. The smallest absolute Gasteiger partial charge is 0.323 e. The number of aryl methyl sites for hydroxylation is 1. The Bertz CT molecular complexity index is 1500. The molecule has 0 saturated heterocycles. The number of hydrogen-bond donors (Lipinski definition) is 3. The molecule has 0 bridgehead atoms. The second kappa shape index (κ2) is 13.5. The highest BCUT2D eigenvalue weighted by atomic mass is 16.6. The minimum Gasteiger partial charge on any atom is -0.488 e. The lowest BCUT2D eigenvalue weighted by Gasteiger charge is -2.18. The van der Waals surface area contributed by atoms with Gasteiger partial charge in [-0.3, -0.25) is 19.9 Å². The van der Waals surface area contributed by atoms with Gasteiger partial charge in [-0.2, -0.15) is 0 Å². The Morgan fingerprint density at radius 2 is 1.76 bits per heavy atom. The van der Waals surface area contributed by atoms with Crippen molar-refractivity contribution in [2.45, 2.75) is 45.1 Å². The number of carboxylic acid groups (broad SMARTS) is 1. The Balaban J connectivity index is 1.63. The standard InChI is InChI=1S/C31H31N3O7/c1-20-24(10-5-11-25(20)22-8-3-2-4-9-22)19-41-29-16-28(40-18-21-7-6-14-33-17-21)23(15-26(29)34(38)39)12-13-27(35)30(32)31(36)37/h2-11,14-17,27,30,35H,12-13,18-19,32H2,1H3,(H,36,37)/t27-,30+/m1/s1. The molecule has 3 aromatic carbocycles. The van der Waals surface area contributed by atoms with E-state index in [0.29, 0.717) is 11.3 Å². The zero-order chi connectivity index (χ0) is 29.4. The summed E-state index contributed by atoms with van der Waals surface area (Å²) in [6, 6.07) is 20.7. The molecule has 0 saturated carbocycles. The number of benzene rings is 3. The van der Waals surface area contributed by atoms with E-state index in [4.69, 9.17) is 20.3 Å². The number of nitro benzene ring substituents is 1. The first-order valence-corrected chi connectivity index (χ1v) is 13.0. The van der Waals surface area contributed by atoms with E-state index in [1.807, 2.05) is 61.5 Å². The molecule has 1 aromatic heterocycles. The maximum absolute atomic E-state index is 12.0. The van der Waals surface area contributed by atoms with E-state index in [1.165, 1.54) is 12.1 Å². The Morgan fingerprint density at radius 3 is 2.44 bits per heavy atom. The van der Waals surface area contributed by atoms with E-state index in [2.05, 4.69) is 4.98 Å². The molecule has 0 spiro atoms. The highest BCUT2D eigenvalue weighted by Gasteiger charge is 2.25. The number of aliphatic hydroxyl groups is 1. The van der Waals surface area contributed by atoms with Crippen molar-refractivity contribution >= 4 is 11.7 Å². The normalized spacial score (nSPS) is 12.4. The SMILES string of the molecule is Cc1c(COc2cc(OCc3cccnc3)c(CC[C@@H](O)[C@H](N)C(=O)O)cc2[N+](=O)[O-])cccc1-c1ccccc1. The van der Waals surface area contributed by atoms with Crippen molar-refractivity contribution in [3.63, 3.8) is 0 Å². The molecule has 0 fully saturated rings. The highest BCUT2D eigenvalue weighted by Crippen LogP contribution is 2.37. The minimum atomic E-state index is -1.48. The lowest BCUT2D eigenvalue weighted by Crippen LogP contribution is -2.41. The van der Waals surface area contributed by atoms with Crippen molar-refractivity contribution in [2.24, 2.45) is 5.73 Å². The number of rotatable bonds is 13. The Kier molecular flexibility index (Phi) is 9.62. The summed E-state index contributed by atoms with van der Waals surface area (Å²) in [5.74, 6) is -1.01. The van der Waals surface area contributed by atoms with Crippen LogP contribution in [0.1, 0.15) is 28.7 Å². The molecule has 212 valence electrons. The number of ether oxygens (including phenoxy) is 2. The molecule has 4 aromatic rings. The Morgan fingerprint density at radius 1 is 1.00 bits per heavy atom. The van der Waals surface area contributed by atoms with Crippen molar-refractivity contribution in [1.82, 2.24) is 4.98 Å². The molecule has 4 rings (SSSR count). The second-order valence-electron chi connectivity index (χ2n) is 9.55. The second-order valence-corrected chi connectivity index (χ2v) is 9.55. The molecule has 0 unspecified atom stereocenters. The average Bonchev–Trinajstić information content (AvgIpc) is 2.98. The largest absolute Gasteiger partial charge is 0.488 e. The predicted molar refractivity (Wildman–Crippen MR) is 153 cm³/mol. The van der Waals surface area contributed by atoms with Crippen LogP contribution in [0.2, 0.25) is 0 Å². The molecule has 2 atom stereocenters. The van der Waals surface area contributed by atoms with Crippen LogP contribution in [0.3, 0.4) is 0 Å². The Labute approximate surface area is 237 Å². The number of carboxylic acids is 1. The van der Waals surface area contributed by atoms with Gasteiger partial charge in [-0.25, -0.2) is 0 Å².